The first kappa shape index (κ1) is 22.4. The zero-order chi connectivity index (χ0) is 19.3. The third-order valence-electron chi connectivity index (χ3n) is 3.56. The van der Waals surface area contributed by atoms with Gasteiger partial charge in [0.25, 0.3) is 0 Å². The van der Waals surface area contributed by atoms with Crippen molar-refractivity contribution >= 4 is 17.8 Å². The summed E-state index contributed by atoms with van der Waals surface area (Å²) in [5.41, 5.74) is -0.971. The number of nitrogens with one attached hydrogen (secondary N) is 2. The number of carboxylic acid groups (broad SMARTS) is 1. The Morgan fingerprint density at radius 2 is 1.42 bits per heavy atom. The fraction of sp³-hybridized carbons (Fsp3) is 0.833. The van der Waals surface area contributed by atoms with Crippen LogP contribution in [0.3, 0.4) is 0 Å². The molecule has 2 unspecified atom stereocenters. The Hall–Kier alpha value is -1.59. The Bertz CT molecular complexity index is 459. The van der Waals surface area contributed by atoms with Gasteiger partial charge in [0.05, 0.1) is 0 Å². The molecule has 0 aromatic carbocycles. The van der Waals surface area contributed by atoms with Crippen LogP contribution in [0.4, 0.5) is 0 Å². The van der Waals surface area contributed by atoms with E-state index in [1.165, 1.54) is 0 Å². The van der Waals surface area contributed by atoms with Crippen LogP contribution in [0, 0.1) is 17.3 Å². The molecule has 0 bridgehead atoms. The van der Waals surface area contributed by atoms with Gasteiger partial charge >= 0.3 is 5.97 Å². The van der Waals surface area contributed by atoms with Crippen molar-refractivity contribution in [2.75, 3.05) is 0 Å². The highest BCUT2D eigenvalue weighted by atomic mass is 16.4. The molecule has 2 atom stereocenters. The van der Waals surface area contributed by atoms with Crippen LogP contribution in [0.1, 0.15) is 68.2 Å². The molecular formula is C18H34N2O4. The molecule has 0 fully saturated rings. The molecule has 24 heavy (non-hydrogen) atoms. The Labute approximate surface area is 145 Å². The Kier molecular flexibility index (Phi) is 7.93. The molecule has 0 aliphatic carbocycles. The first-order valence-corrected chi connectivity index (χ1v) is 8.50. The molecule has 0 rings (SSSR count). The predicted octanol–water partition coefficient (Wildman–Crippen LogP) is 2.57. The zero-order valence-electron chi connectivity index (χ0n) is 16.3. The van der Waals surface area contributed by atoms with Crippen molar-refractivity contribution < 1.29 is 19.5 Å². The van der Waals surface area contributed by atoms with Gasteiger partial charge in [0.15, 0.2) is 0 Å². The number of rotatable bonds is 7. The van der Waals surface area contributed by atoms with E-state index in [4.69, 9.17) is 0 Å². The third-order valence-corrected chi connectivity index (χ3v) is 3.56. The van der Waals surface area contributed by atoms with Gasteiger partial charge in [0, 0.05) is 5.54 Å². The van der Waals surface area contributed by atoms with Crippen LogP contribution in [-0.2, 0) is 14.4 Å². The summed E-state index contributed by atoms with van der Waals surface area (Å²) in [4.78, 5) is 36.4. The first-order chi connectivity index (χ1) is 10.6. The lowest BCUT2D eigenvalue weighted by Gasteiger charge is -2.33. The molecular weight excluding hydrogens is 308 g/mol. The van der Waals surface area contributed by atoms with Crippen molar-refractivity contribution in [1.82, 2.24) is 10.6 Å². The average molecular weight is 342 g/mol. The van der Waals surface area contributed by atoms with Gasteiger partial charge in [0.2, 0.25) is 11.8 Å². The summed E-state index contributed by atoms with van der Waals surface area (Å²) in [6, 6.07) is -0.801. The van der Waals surface area contributed by atoms with Crippen LogP contribution >= 0.6 is 0 Å². The van der Waals surface area contributed by atoms with E-state index in [1.54, 1.807) is 0 Å². The number of carboxylic acids is 1. The molecule has 6 nitrogen and oxygen atoms in total. The SMILES string of the molecule is CC(C)CCC(C(=O)O)C(=O)NC(C(=O)NC(C)(C)C)C(C)(C)C. The zero-order valence-corrected chi connectivity index (χ0v) is 16.3. The maximum atomic E-state index is 12.5. The summed E-state index contributed by atoms with van der Waals surface area (Å²) < 4.78 is 0. The summed E-state index contributed by atoms with van der Waals surface area (Å²) in [6.45, 7) is 15.0. The van der Waals surface area contributed by atoms with Gasteiger partial charge < -0.3 is 15.7 Å². The fourth-order valence-electron chi connectivity index (χ4n) is 2.23. The Balaban J connectivity index is 5.22. The molecule has 140 valence electrons. The predicted molar refractivity (Wildman–Crippen MR) is 94.5 cm³/mol. The van der Waals surface area contributed by atoms with E-state index in [1.807, 2.05) is 55.4 Å². The molecule has 0 aromatic rings. The van der Waals surface area contributed by atoms with E-state index in [0.29, 0.717) is 12.3 Å². The van der Waals surface area contributed by atoms with E-state index in [2.05, 4.69) is 10.6 Å². The number of hydrogen-bond donors (Lipinski definition) is 3. The third kappa shape index (κ3) is 8.31. The van der Waals surface area contributed by atoms with E-state index in [0.717, 1.165) is 0 Å². The van der Waals surface area contributed by atoms with Crippen LogP contribution in [0.25, 0.3) is 0 Å². The minimum absolute atomic E-state index is 0.261. The highest BCUT2D eigenvalue weighted by Gasteiger charge is 2.37. The molecule has 0 radical (unpaired) electrons. The van der Waals surface area contributed by atoms with Gasteiger partial charge in [-0.1, -0.05) is 34.6 Å². The van der Waals surface area contributed by atoms with E-state index >= 15 is 0 Å². The molecule has 6 heteroatoms. The van der Waals surface area contributed by atoms with Gasteiger partial charge in [0.1, 0.15) is 12.0 Å². The smallest absolute Gasteiger partial charge is 0.316 e. The summed E-state index contributed by atoms with van der Waals surface area (Å²) in [6.07, 6.45) is 0.898. The maximum Gasteiger partial charge on any atom is 0.316 e. The van der Waals surface area contributed by atoms with E-state index in [9.17, 15) is 19.5 Å². The number of carbonyl (C=O) groups is 3. The van der Waals surface area contributed by atoms with Crippen molar-refractivity contribution in [2.24, 2.45) is 17.3 Å². The first-order valence-electron chi connectivity index (χ1n) is 8.50. The largest absolute Gasteiger partial charge is 0.481 e. The standard InChI is InChI=1S/C18H34N2O4/c1-11(2)9-10-12(16(23)24)14(21)19-13(17(3,4)5)15(22)20-18(6,7)8/h11-13H,9-10H2,1-8H3,(H,19,21)(H,20,22)(H,23,24). The summed E-state index contributed by atoms with van der Waals surface area (Å²) in [5, 5.41) is 14.8. The average Bonchev–Trinajstić information content (AvgIpc) is 2.31. The second-order valence-corrected chi connectivity index (χ2v) is 8.91. The topological polar surface area (TPSA) is 95.5 Å². The number of aliphatic carboxylic acids is 1. The molecule has 0 spiro atoms. The minimum atomic E-state index is -1.16. The lowest BCUT2D eigenvalue weighted by Crippen LogP contribution is -2.58. The molecule has 0 aromatic heterocycles. The van der Waals surface area contributed by atoms with Crippen molar-refractivity contribution in [3.8, 4) is 0 Å². The summed E-state index contributed by atoms with van der Waals surface area (Å²) in [5.74, 6) is -2.90. The fourth-order valence-corrected chi connectivity index (χ4v) is 2.23. The van der Waals surface area contributed by atoms with Gasteiger partial charge in [-0.2, -0.15) is 0 Å². The quantitative estimate of drug-likeness (QED) is 0.620. The molecule has 0 saturated carbocycles. The van der Waals surface area contributed by atoms with Crippen LogP contribution < -0.4 is 10.6 Å². The lowest BCUT2D eigenvalue weighted by molar-refractivity contribution is -0.149. The second-order valence-electron chi connectivity index (χ2n) is 8.91. The van der Waals surface area contributed by atoms with Gasteiger partial charge in [-0.3, -0.25) is 14.4 Å². The summed E-state index contributed by atoms with van der Waals surface area (Å²) >= 11 is 0. The maximum absolute atomic E-state index is 12.5. The monoisotopic (exact) mass is 342 g/mol. The van der Waals surface area contributed by atoms with Crippen LogP contribution in [0.2, 0.25) is 0 Å². The van der Waals surface area contributed by atoms with E-state index < -0.39 is 34.8 Å². The minimum Gasteiger partial charge on any atom is -0.481 e. The van der Waals surface area contributed by atoms with Gasteiger partial charge in [-0.15, -0.1) is 0 Å². The summed E-state index contributed by atoms with van der Waals surface area (Å²) in [7, 11) is 0. The van der Waals surface area contributed by atoms with Crippen molar-refractivity contribution in [3.05, 3.63) is 0 Å². The molecule has 0 aliphatic rings. The van der Waals surface area contributed by atoms with Crippen LogP contribution in [0.15, 0.2) is 0 Å². The van der Waals surface area contributed by atoms with Crippen LogP contribution in [0.5, 0.6) is 0 Å². The van der Waals surface area contributed by atoms with Crippen molar-refractivity contribution in [1.29, 1.82) is 0 Å². The number of carbonyl (C=O) groups excluding carboxylic acids is 2. The number of hydrogen-bond acceptors (Lipinski definition) is 3. The normalized spacial score (nSPS) is 14.9. The molecule has 2 amide bonds. The number of amides is 2. The van der Waals surface area contributed by atoms with E-state index in [-0.39, 0.29) is 12.3 Å². The lowest BCUT2D eigenvalue weighted by atomic mass is 9.85. The van der Waals surface area contributed by atoms with Gasteiger partial charge in [-0.25, -0.2) is 0 Å². The molecule has 0 aliphatic heterocycles. The van der Waals surface area contributed by atoms with Crippen molar-refractivity contribution in [3.63, 3.8) is 0 Å². The molecule has 3 N–H and O–H groups in total. The Morgan fingerprint density at radius 3 is 1.75 bits per heavy atom. The molecule has 0 saturated heterocycles. The second kappa shape index (κ2) is 8.49. The highest BCUT2D eigenvalue weighted by Crippen LogP contribution is 2.22. The van der Waals surface area contributed by atoms with Crippen LogP contribution in [-0.4, -0.2) is 34.5 Å². The van der Waals surface area contributed by atoms with Gasteiger partial charge in [-0.05, 0) is 44.9 Å². The van der Waals surface area contributed by atoms with Crippen molar-refractivity contribution in [2.45, 2.75) is 79.8 Å². The molecule has 0 heterocycles. The highest BCUT2D eigenvalue weighted by molar-refractivity contribution is 5.99. The Morgan fingerprint density at radius 1 is 0.917 bits per heavy atom.